The van der Waals surface area contributed by atoms with Gasteiger partial charge in [-0.2, -0.15) is 9.36 Å². The molecule has 0 aliphatic rings. The molecule has 4 aromatic rings. The van der Waals surface area contributed by atoms with Crippen LogP contribution in [0.25, 0.3) is 15.1 Å². The summed E-state index contributed by atoms with van der Waals surface area (Å²) in [5, 5.41) is 11.5. The lowest BCUT2D eigenvalue weighted by Gasteiger charge is -2.02. The molecule has 0 unspecified atom stereocenters. The average Bonchev–Trinajstić information content (AvgIpc) is 3.35. The maximum atomic E-state index is 12.2. The Hall–Kier alpha value is -2.49. The van der Waals surface area contributed by atoms with Gasteiger partial charge in [0.1, 0.15) is 18.2 Å². The number of hydrogen-bond donors (Lipinski definition) is 0. The van der Waals surface area contributed by atoms with Crippen LogP contribution in [0.4, 0.5) is 0 Å². The molecule has 3 heterocycles. The summed E-state index contributed by atoms with van der Waals surface area (Å²) in [5.41, 5.74) is -0.496. The SMILES string of the molecule is O=C(Cn1nnn(-c2cccs2)c1=O)OCc1sc2ccccc2c1Cl. The van der Waals surface area contributed by atoms with Crippen molar-refractivity contribution in [3.8, 4) is 5.00 Å². The molecule has 132 valence electrons. The zero-order valence-corrected chi connectivity index (χ0v) is 15.6. The third kappa shape index (κ3) is 3.16. The Balaban J connectivity index is 1.44. The minimum absolute atomic E-state index is 0.0465. The molecule has 0 bridgehead atoms. The summed E-state index contributed by atoms with van der Waals surface area (Å²) in [7, 11) is 0. The fourth-order valence-electron chi connectivity index (χ4n) is 2.37. The molecule has 0 atom stereocenters. The molecule has 0 radical (unpaired) electrons. The normalized spacial score (nSPS) is 11.1. The fourth-order valence-corrected chi connectivity index (χ4v) is 4.44. The summed E-state index contributed by atoms with van der Waals surface area (Å²) in [6.07, 6.45) is 0. The first kappa shape index (κ1) is 17.0. The largest absolute Gasteiger partial charge is 0.459 e. The Morgan fingerprint density at radius 2 is 2.04 bits per heavy atom. The number of thiophene rings is 2. The minimum Gasteiger partial charge on any atom is -0.459 e. The van der Waals surface area contributed by atoms with E-state index in [1.165, 1.54) is 22.7 Å². The summed E-state index contributed by atoms with van der Waals surface area (Å²) in [4.78, 5) is 25.1. The maximum absolute atomic E-state index is 12.2. The summed E-state index contributed by atoms with van der Waals surface area (Å²) in [6.45, 7) is -0.266. The van der Waals surface area contributed by atoms with Gasteiger partial charge in [0, 0.05) is 10.1 Å². The van der Waals surface area contributed by atoms with Crippen LogP contribution in [0.3, 0.4) is 0 Å². The van der Waals surface area contributed by atoms with Crippen LogP contribution in [-0.2, 0) is 22.7 Å². The fraction of sp³-hybridized carbons (Fsp3) is 0.125. The number of aromatic nitrogens is 4. The van der Waals surface area contributed by atoms with Gasteiger partial charge in [-0.1, -0.05) is 29.8 Å². The molecule has 0 aliphatic carbocycles. The van der Waals surface area contributed by atoms with Crippen LogP contribution < -0.4 is 5.69 Å². The third-order valence-corrected chi connectivity index (χ3v) is 6.13. The molecule has 0 spiro atoms. The number of halogens is 1. The number of benzene rings is 1. The van der Waals surface area contributed by atoms with Crippen molar-refractivity contribution >= 4 is 50.3 Å². The second kappa shape index (κ2) is 7.02. The Bertz CT molecular complexity index is 1130. The molecule has 3 aromatic heterocycles. The number of nitrogens with zero attached hydrogens (tertiary/aromatic N) is 4. The van der Waals surface area contributed by atoms with Crippen molar-refractivity contribution in [1.82, 2.24) is 19.8 Å². The van der Waals surface area contributed by atoms with E-state index in [2.05, 4.69) is 10.4 Å². The predicted molar refractivity (Wildman–Crippen MR) is 100 cm³/mol. The lowest BCUT2D eigenvalue weighted by atomic mass is 10.2. The van der Waals surface area contributed by atoms with E-state index >= 15 is 0 Å². The highest BCUT2D eigenvalue weighted by Gasteiger charge is 2.15. The molecule has 10 heteroatoms. The quantitative estimate of drug-likeness (QED) is 0.476. The molecule has 26 heavy (non-hydrogen) atoms. The number of carbonyl (C=O) groups excluding carboxylic acids is 1. The van der Waals surface area contributed by atoms with Crippen LogP contribution in [0.1, 0.15) is 4.88 Å². The Morgan fingerprint density at radius 1 is 1.19 bits per heavy atom. The molecule has 0 amide bonds. The van der Waals surface area contributed by atoms with Gasteiger partial charge >= 0.3 is 11.7 Å². The standard InChI is InChI=1S/C16H11ClN4O3S2/c17-15-10-4-1-2-5-11(10)26-12(15)9-24-14(22)8-20-16(23)21(19-18-20)13-6-3-7-25-13/h1-7H,8-9H2. The molecule has 7 nitrogen and oxygen atoms in total. The lowest BCUT2D eigenvalue weighted by molar-refractivity contribution is -0.145. The van der Waals surface area contributed by atoms with E-state index in [9.17, 15) is 9.59 Å². The molecule has 0 aliphatic heterocycles. The number of carbonyl (C=O) groups is 1. The van der Waals surface area contributed by atoms with Crippen LogP contribution in [0.15, 0.2) is 46.6 Å². The van der Waals surface area contributed by atoms with Crippen LogP contribution in [0.2, 0.25) is 5.02 Å². The van der Waals surface area contributed by atoms with Crippen LogP contribution in [0, 0.1) is 0 Å². The van der Waals surface area contributed by atoms with Crippen molar-refractivity contribution in [1.29, 1.82) is 0 Å². The molecule has 1 aromatic carbocycles. The highest BCUT2D eigenvalue weighted by atomic mass is 35.5. The van der Waals surface area contributed by atoms with E-state index in [-0.39, 0.29) is 13.2 Å². The molecular weight excluding hydrogens is 396 g/mol. The zero-order chi connectivity index (χ0) is 18.1. The van der Waals surface area contributed by atoms with Crippen molar-refractivity contribution in [2.24, 2.45) is 0 Å². The van der Waals surface area contributed by atoms with Gasteiger partial charge in [-0.15, -0.1) is 22.7 Å². The second-order valence-corrected chi connectivity index (χ2v) is 7.72. The van der Waals surface area contributed by atoms with Gasteiger partial charge in [-0.05, 0) is 34.0 Å². The first-order chi connectivity index (χ1) is 12.6. The van der Waals surface area contributed by atoms with Crippen molar-refractivity contribution in [3.63, 3.8) is 0 Å². The monoisotopic (exact) mass is 406 g/mol. The highest BCUT2D eigenvalue weighted by molar-refractivity contribution is 7.19. The van der Waals surface area contributed by atoms with Crippen molar-refractivity contribution in [2.45, 2.75) is 13.2 Å². The van der Waals surface area contributed by atoms with Gasteiger partial charge in [-0.3, -0.25) is 4.79 Å². The van der Waals surface area contributed by atoms with E-state index in [4.69, 9.17) is 16.3 Å². The van der Waals surface area contributed by atoms with Crippen molar-refractivity contribution < 1.29 is 9.53 Å². The molecule has 0 saturated carbocycles. The summed E-state index contributed by atoms with van der Waals surface area (Å²) < 4.78 is 8.38. The molecule has 0 N–H and O–H groups in total. The summed E-state index contributed by atoms with van der Waals surface area (Å²) >= 11 is 9.15. The first-order valence-electron chi connectivity index (χ1n) is 7.51. The van der Waals surface area contributed by atoms with E-state index in [0.29, 0.717) is 10.0 Å². The van der Waals surface area contributed by atoms with E-state index in [1.54, 1.807) is 12.1 Å². The summed E-state index contributed by atoms with van der Waals surface area (Å²) in [5.74, 6) is -0.584. The summed E-state index contributed by atoms with van der Waals surface area (Å²) in [6, 6.07) is 11.2. The topological polar surface area (TPSA) is 79.0 Å². The van der Waals surface area contributed by atoms with Crippen LogP contribution in [0.5, 0.6) is 0 Å². The second-order valence-electron chi connectivity index (χ2n) is 5.28. The number of esters is 1. The van der Waals surface area contributed by atoms with Gasteiger partial charge in [0.15, 0.2) is 0 Å². The average molecular weight is 407 g/mol. The number of rotatable bonds is 5. The smallest absolute Gasteiger partial charge is 0.369 e. The van der Waals surface area contributed by atoms with Gasteiger partial charge in [0.2, 0.25) is 0 Å². The molecule has 4 rings (SSSR count). The Labute approximate surface area is 160 Å². The van der Waals surface area contributed by atoms with Crippen molar-refractivity contribution in [2.75, 3.05) is 0 Å². The van der Waals surface area contributed by atoms with E-state index < -0.39 is 11.7 Å². The van der Waals surface area contributed by atoms with E-state index in [0.717, 1.165) is 24.3 Å². The van der Waals surface area contributed by atoms with Crippen LogP contribution >= 0.6 is 34.3 Å². The van der Waals surface area contributed by atoms with Gasteiger partial charge < -0.3 is 4.74 Å². The number of ether oxygens (including phenoxy) is 1. The van der Waals surface area contributed by atoms with Gasteiger partial charge in [0.05, 0.1) is 9.90 Å². The number of fused-ring (bicyclic) bond motifs is 1. The van der Waals surface area contributed by atoms with Gasteiger partial charge in [0.25, 0.3) is 0 Å². The molecular formula is C16H11ClN4O3S2. The number of hydrogen-bond acceptors (Lipinski definition) is 7. The Kier molecular flexibility index (Phi) is 4.58. The molecule has 0 saturated heterocycles. The predicted octanol–water partition coefficient (Wildman–Crippen LogP) is 3.10. The molecule has 0 fully saturated rings. The van der Waals surface area contributed by atoms with Crippen molar-refractivity contribution in [3.05, 3.63) is 62.2 Å². The highest BCUT2D eigenvalue weighted by Crippen LogP contribution is 2.35. The van der Waals surface area contributed by atoms with E-state index in [1.807, 2.05) is 29.6 Å². The Morgan fingerprint density at radius 3 is 2.81 bits per heavy atom. The maximum Gasteiger partial charge on any atom is 0.369 e. The third-order valence-electron chi connectivity index (χ3n) is 3.60. The van der Waals surface area contributed by atoms with Crippen LogP contribution in [-0.4, -0.2) is 25.8 Å². The minimum atomic E-state index is -0.584. The van der Waals surface area contributed by atoms with Gasteiger partial charge in [-0.25, -0.2) is 4.79 Å². The zero-order valence-electron chi connectivity index (χ0n) is 13.2. The number of tetrazole rings is 1. The first-order valence-corrected chi connectivity index (χ1v) is 9.59. The lowest BCUT2D eigenvalue weighted by Crippen LogP contribution is -2.27.